The summed E-state index contributed by atoms with van der Waals surface area (Å²) in [4.78, 5) is 25.9. The summed E-state index contributed by atoms with van der Waals surface area (Å²) in [5.41, 5.74) is 1.69. The number of rotatable bonds is 1. The minimum atomic E-state index is -0.345. The molecule has 132 valence electrons. The van der Waals surface area contributed by atoms with E-state index < -0.39 is 0 Å². The van der Waals surface area contributed by atoms with Crippen molar-refractivity contribution in [3.8, 4) is 0 Å². The molecule has 2 atom stereocenters. The van der Waals surface area contributed by atoms with Crippen molar-refractivity contribution in [2.24, 2.45) is 5.41 Å². The van der Waals surface area contributed by atoms with Crippen LogP contribution < -0.4 is 0 Å². The Hall–Kier alpha value is -2.05. The minimum absolute atomic E-state index is 0.0854. The second-order valence-electron chi connectivity index (χ2n) is 7.48. The zero-order valence-corrected chi connectivity index (χ0v) is 14.6. The second kappa shape index (κ2) is 6.35. The van der Waals surface area contributed by atoms with Gasteiger partial charge in [0.25, 0.3) is 5.91 Å². The molecule has 4 rings (SSSR count). The monoisotopic (exact) mass is 340 g/mol. The molecule has 2 saturated heterocycles. The molecule has 0 radical (unpaired) electrons. The molecule has 0 bridgehead atoms. The lowest BCUT2D eigenvalue weighted by atomic mass is 9.71. The zero-order valence-electron chi connectivity index (χ0n) is 14.6. The fraction of sp³-hybridized carbons (Fsp3) is 0.526. The van der Waals surface area contributed by atoms with Crippen LogP contribution in [0.5, 0.6) is 0 Å². The van der Waals surface area contributed by atoms with E-state index in [1.165, 1.54) is 0 Å². The summed E-state index contributed by atoms with van der Waals surface area (Å²) in [6.45, 7) is 3.05. The molecule has 1 spiro atoms. The maximum atomic E-state index is 13.0. The highest BCUT2D eigenvalue weighted by Gasteiger charge is 2.45. The number of aliphatic hydroxyl groups excluding tert-OH is 1. The van der Waals surface area contributed by atoms with Crippen LogP contribution in [-0.4, -0.2) is 70.1 Å². The number of piperidine rings is 2. The Balaban J connectivity index is 1.58. The third kappa shape index (κ3) is 3.00. The van der Waals surface area contributed by atoms with Crippen LogP contribution in [0.25, 0.3) is 11.0 Å². The summed E-state index contributed by atoms with van der Waals surface area (Å²) in [7, 11) is 2.09. The summed E-state index contributed by atoms with van der Waals surface area (Å²) < 4.78 is 0. The first-order valence-electron chi connectivity index (χ1n) is 8.95. The van der Waals surface area contributed by atoms with Gasteiger partial charge >= 0.3 is 0 Å². The van der Waals surface area contributed by atoms with Crippen LogP contribution in [0.1, 0.15) is 29.8 Å². The number of hydrogen-bond donors (Lipinski definition) is 1. The maximum Gasteiger partial charge on any atom is 0.274 e. The zero-order chi connectivity index (χ0) is 17.4. The van der Waals surface area contributed by atoms with Gasteiger partial charge in [0.15, 0.2) is 0 Å². The number of amides is 1. The lowest BCUT2D eigenvalue weighted by Crippen LogP contribution is -2.59. The Morgan fingerprint density at radius 1 is 1.24 bits per heavy atom. The number of aliphatic hydroxyl groups is 1. The number of carbonyl (C=O) groups excluding carboxylic acids is 1. The predicted octanol–water partition coefficient (Wildman–Crippen LogP) is 1.55. The number of hydrogen-bond acceptors (Lipinski definition) is 5. The average Bonchev–Trinajstić information content (AvgIpc) is 2.64. The van der Waals surface area contributed by atoms with Gasteiger partial charge in [0, 0.05) is 31.6 Å². The van der Waals surface area contributed by atoms with Gasteiger partial charge in [0.1, 0.15) is 5.69 Å². The third-order valence-corrected chi connectivity index (χ3v) is 5.64. The Bertz CT molecular complexity index is 796. The molecular formula is C19H24N4O2. The van der Waals surface area contributed by atoms with Gasteiger partial charge in [-0.2, -0.15) is 0 Å². The lowest BCUT2D eigenvalue weighted by molar-refractivity contribution is -0.0731. The highest BCUT2D eigenvalue weighted by atomic mass is 16.3. The van der Waals surface area contributed by atoms with Gasteiger partial charge in [0.05, 0.1) is 23.3 Å². The van der Waals surface area contributed by atoms with E-state index in [0.717, 1.165) is 43.4 Å². The highest BCUT2D eigenvalue weighted by Crippen LogP contribution is 2.38. The van der Waals surface area contributed by atoms with Gasteiger partial charge in [-0.25, -0.2) is 4.98 Å². The molecule has 2 aromatic rings. The molecule has 3 heterocycles. The molecular weight excluding hydrogens is 316 g/mol. The van der Waals surface area contributed by atoms with Crippen LogP contribution >= 0.6 is 0 Å². The number of benzene rings is 1. The van der Waals surface area contributed by atoms with Crippen LogP contribution in [0.3, 0.4) is 0 Å². The number of nitrogens with zero attached hydrogens (tertiary/aromatic N) is 4. The summed E-state index contributed by atoms with van der Waals surface area (Å²) >= 11 is 0. The first-order chi connectivity index (χ1) is 12.1. The smallest absolute Gasteiger partial charge is 0.274 e. The van der Waals surface area contributed by atoms with Crippen molar-refractivity contribution >= 4 is 16.9 Å². The molecule has 1 aromatic heterocycles. The van der Waals surface area contributed by atoms with E-state index in [0.29, 0.717) is 18.8 Å². The highest BCUT2D eigenvalue weighted by molar-refractivity contribution is 5.93. The van der Waals surface area contributed by atoms with Gasteiger partial charge < -0.3 is 14.9 Å². The van der Waals surface area contributed by atoms with E-state index in [1.54, 1.807) is 6.20 Å². The third-order valence-electron chi connectivity index (χ3n) is 5.64. The fourth-order valence-corrected chi connectivity index (χ4v) is 4.33. The number of aromatic nitrogens is 2. The van der Waals surface area contributed by atoms with Gasteiger partial charge in [-0.05, 0) is 38.4 Å². The SMILES string of the molecule is CN1CC[C@H](O)[C@@]2(CCCN(C(=O)c3cnc4ccccc4n3)C2)C1. The van der Waals surface area contributed by atoms with Gasteiger partial charge in [-0.3, -0.25) is 9.78 Å². The van der Waals surface area contributed by atoms with Crippen LogP contribution in [0, 0.1) is 5.41 Å². The van der Waals surface area contributed by atoms with Crippen molar-refractivity contribution in [2.45, 2.75) is 25.4 Å². The topological polar surface area (TPSA) is 69.6 Å². The average molecular weight is 340 g/mol. The minimum Gasteiger partial charge on any atom is -0.392 e. The summed E-state index contributed by atoms with van der Waals surface area (Å²) in [5, 5.41) is 10.6. The number of para-hydroxylation sites is 2. The van der Waals surface area contributed by atoms with E-state index in [1.807, 2.05) is 29.2 Å². The van der Waals surface area contributed by atoms with E-state index in [9.17, 15) is 9.90 Å². The summed E-state index contributed by atoms with van der Waals surface area (Å²) in [5.74, 6) is -0.0854. The second-order valence-corrected chi connectivity index (χ2v) is 7.48. The predicted molar refractivity (Wildman–Crippen MR) is 95.2 cm³/mol. The van der Waals surface area contributed by atoms with E-state index in [4.69, 9.17) is 0 Å². The maximum absolute atomic E-state index is 13.0. The first-order valence-corrected chi connectivity index (χ1v) is 8.95. The number of fused-ring (bicyclic) bond motifs is 1. The molecule has 6 nitrogen and oxygen atoms in total. The molecule has 1 amide bonds. The van der Waals surface area contributed by atoms with Crippen molar-refractivity contribution in [1.82, 2.24) is 19.8 Å². The molecule has 0 unspecified atom stereocenters. The fourth-order valence-electron chi connectivity index (χ4n) is 4.33. The Morgan fingerprint density at radius 2 is 2.04 bits per heavy atom. The number of likely N-dealkylation sites (tertiary alicyclic amines) is 2. The molecule has 6 heteroatoms. The quantitative estimate of drug-likeness (QED) is 0.853. The van der Waals surface area contributed by atoms with Crippen LogP contribution in [-0.2, 0) is 0 Å². The van der Waals surface area contributed by atoms with Gasteiger partial charge in [-0.1, -0.05) is 12.1 Å². The van der Waals surface area contributed by atoms with Crippen molar-refractivity contribution in [2.75, 3.05) is 33.2 Å². The largest absolute Gasteiger partial charge is 0.392 e. The summed E-state index contributed by atoms with van der Waals surface area (Å²) in [6.07, 6.45) is 3.87. The van der Waals surface area contributed by atoms with Gasteiger partial charge in [0.2, 0.25) is 0 Å². The lowest BCUT2D eigenvalue weighted by Gasteiger charge is -2.50. The van der Waals surface area contributed by atoms with E-state index >= 15 is 0 Å². The molecule has 1 N–H and O–H groups in total. The van der Waals surface area contributed by atoms with Crippen molar-refractivity contribution in [1.29, 1.82) is 0 Å². The molecule has 1 aromatic carbocycles. The standard InChI is InChI=1S/C19H24N4O2/c1-22-10-7-17(24)19(12-22)8-4-9-23(13-19)18(25)16-11-20-14-5-2-3-6-15(14)21-16/h2-3,5-6,11,17,24H,4,7-10,12-13H2,1H3/t17-,19-/m0/s1. The first kappa shape index (κ1) is 16.4. The van der Waals surface area contributed by atoms with Crippen LogP contribution in [0.2, 0.25) is 0 Å². The Labute approximate surface area is 147 Å². The van der Waals surface area contributed by atoms with Gasteiger partial charge in [-0.15, -0.1) is 0 Å². The van der Waals surface area contributed by atoms with Crippen LogP contribution in [0.4, 0.5) is 0 Å². The summed E-state index contributed by atoms with van der Waals surface area (Å²) in [6, 6.07) is 7.57. The molecule has 2 aliphatic heterocycles. The molecule has 0 saturated carbocycles. The molecule has 2 aliphatic rings. The normalized spacial score (nSPS) is 27.8. The van der Waals surface area contributed by atoms with Crippen molar-refractivity contribution in [3.63, 3.8) is 0 Å². The van der Waals surface area contributed by atoms with Crippen molar-refractivity contribution < 1.29 is 9.90 Å². The molecule has 0 aliphatic carbocycles. The van der Waals surface area contributed by atoms with Crippen molar-refractivity contribution in [3.05, 3.63) is 36.2 Å². The van der Waals surface area contributed by atoms with E-state index in [2.05, 4.69) is 21.9 Å². The molecule has 25 heavy (non-hydrogen) atoms. The van der Waals surface area contributed by atoms with Crippen LogP contribution in [0.15, 0.2) is 30.5 Å². The Kier molecular flexibility index (Phi) is 4.17. The Morgan fingerprint density at radius 3 is 2.88 bits per heavy atom. The number of carbonyl (C=O) groups is 1. The van der Waals surface area contributed by atoms with E-state index in [-0.39, 0.29) is 17.4 Å². The molecule has 2 fully saturated rings.